The molecule has 0 bridgehead atoms. The normalized spacial score (nSPS) is 10.5. The number of nitrogen functional groups attached to an aromatic ring is 1. The molecule has 1 heterocycles. The van der Waals surface area contributed by atoms with E-state index in [1.807, 2.05) is 6.92 Å². The maximum atomic E-state index is 12.8. The van der Waals surface area contributed by atoms with Crippen molar-refractivity contribution < 1.29 is 18.7 Å². The third-order valence-electron chi connectivity index (χ3n) is 3.17. The first-order valence-electron chi connectivity index (χ1n) is 6.72. The van der Waals surface area contributed by atoms with Crippen LogP contribution in [-0.2, 0) is 11.3 Å². The molecule has 2 aromatic rings. The molecule has 0 amide bonds. The summed E-state index contributed by atoms with van der Waals surface area (Å²) < 4.78 is 19.2. The summed E-state index contributed by atoms with van der Waals surface area (Å²) in [4.78, 5) is 23.9. The van der Waals surface area contributed by atoms with Gasteiger partial charge in [0.25, 0.3) is 0 Å². The van der Waals surface area contributed by atoms with E-state index in [1.165, 1.54) is 28.9 Å². The summed E-state index contributed by atoms with van der Waals surface area (Å²) in [5.41, 5.74) is 6.69. The third-order valence-corrected chi connectivity index (χ3v) is 3.17. The summed E-state index contributed by atoms with van der Waals surface area (Å²) in [6, 6.07) is 5.01. The van der Waals surface area contributed by atoms with Gasteiger partial charge >= 0.3 is 5.97 Å². The van der Waals surface area contributed by atoms with Gasteiger partial charge in [0, 0.05) is 12.1 Å². The number of Topliss-reactive ketones (excluding diaryl/α,β-unsaturated/α-hetero) is 1. The number of nitrogens with two attached hydrogens (primary N) is 1. The molecule has 0 saturated carbocycles. The maximum absolute atomic E-state index is 12.8. The second-order valence-electron chi connectivity index (χ2n) is 4.67. The van der Waals surface area contributed by atoms with Crippen LogP contribution in [0.4, 0.5) is 10.2 Å². The molecule has 6 nitrogen and oxygen atoms in total. The van der Waals surface area contributed by atoms with Crippen LogP contribution in [0.1, 0.15) is 33.3 Å². The van der Waals surface area contributed by atoms with Crippen molar-refractivity contribution in [2.75, 3.05) is 12.3 Å². The number of rotatable bonds is 5. The van der Waals surface area contributed by atoms with Crippen molar-refractivity contribution in [1.82, 2.24) is 9.78 Å². The maximum Gasteiger partial charge on any atom is 0.344 e. The van der Waals surface area contributed by atoms with Crippen LogP contribution in [0.25, 0.3) is 0 Å². The minimum atomic E-state index is -0.704. The topological polar surface area (TPSA) is 87.2 Å². The monoisotopic (exact) mass is 305 g/mol. The molecule has 2 N–H and O–H groups in total. The highest BCUT2D eigenvalue weighted by molar-refractivity contribution is 6.00. The van der Waals surface area contributed by atoms with Crippen LogP contribution < -0.4 is 5.73 Å². The Morgan fingerprint density at radius 1 is 1.32 bits per heavy atom. The zero-order valence-electron chi connectivity index (χ0n) is 12.3. The Balaban J connectivity index is 2.05. The number of aromatic nitrogens is 2. The number of halogens is 1. The zero-order chi connectivity index (χ0) is 16.3. The van der Waals surface area contributed by atoms with Crippen molar-refractivity contribution in [2.24, 2.45) is 0 Å². The molecule has 22 heavy (non-hydrogen) atoms. The lowest BCUT2D eigenvalue weighted by Crippen LogP contribution is -2.16. The molecule has 116 valence electrons. The van der Waals surface area contributed by atoms with Crippen molar-refractivity contribution >= 4 is 17.6 Å². The Bertz CT molecular complexity index is 708. The number of carbonyl (C=O) groups excluding carboxylic acids is 2. The van der Waals surface area contributed by atoms with Crippen LogP contribution in [0.15, 0.2) is 24.3 Å². The highest BCUT2D eigenvalue weighted by Gasteiger charge is 2.21. The zero-order valence-corrected chi connectivity index (χ0v) is 12.3. The quantitative estimate of drug-likeness (QED) is 0.674. The highest BCUT2D eigenvalue weighted by Crippen LogP contribution is 2.17. The second-order valence-corrected chi connectivity index (χ2v) is 4.67. The van der Waals surface area contributed by atoms with Gasteiger partial charge in [-0.3, -0.25) is 4.79 Å². The van der Waals surface area contributed by atoms with Gasteiger partial charge in [-0.15, -0.1) is 0 Å². The number of nitrogens with zero attached hydrogens (tertiary/aromatic N) is 2. The number of hydrogen-bond donors (Lipinski definition) is 1. The number of carbonyl (C=O) groups is 2. The smallest absolute Gasteiger partial charge is 0.344 e. The van der Waals surface area contributed by atoms with Gasteiger partial charge in [-0.2, -0.15) is 5.10 Å². The van der Waals surface area contributed by atoms with Crippen molar-refractivity contribution in [3.8, 4) is 0 Å². The fourth-order valence-corrected chi connectivity index (χ4v) is 2.02. The first-order valence-corrected chi connectivity index (χ1v) is 6.72. The van der Waals surface area contributed by atoms with Gasteiger partial charge in [0.05, 0.1) is 5.69 Å². The van der Waals surface area contributed by atoms with Crippen LogP contribution in [0.5, 0.6) is 0 Å². The molecule has 1 aromatic carbocycles. The van der Waals surface area contributed by atoms with E-state index < -0.39 is 24.2 Å². The molecule has 0 aliphatic rings. The van der Waals surface area contributed by atoms with Gasteiger partial charge in [-0.1, -0.05) is 0 Å². The largest absolute Gasteiger partial charge is 0.454 e. The fourth-order valence-electron chi connectivity index (χ4n) is 2.02. The second kappa shape index (κ2) is 6.38. The van der Waals surface area contributed by atoms with Crippen molar-refractivity contribution in [1.29, 1.82) is 0 Å². The lowest BCUT2D eigenvalue weighted by Gasteiger charge is -2.05. The van der Waals surface area contributed by atoms with E-state index in [9.17, 15) is 14.0 Å². The molecule has 0 spiro atoms. The van der Waals surface area contributed by atoms with Crippen molar-refractivity contribution in [3.05, 3.63) is 46.9 Å². The van der Waals surface area contributed by atoms with E-state index >= 15 is 0 Å². The molecule has 1 aromatic heterocycles. The predicted molar refractivity (Wildman–Crippen MR) is 78.1 cm³/mol. The first kappa shape index (κ1) is 15.7. The summed E-state index contributed by atoms with van der Waals surface area (Å²) in [5.74, 6) is -1.36. The van der Waals surface area contributed by atoms with E-state index in [4.69, 9.17) is 10.5 Å². The molecule has 0 atom stereocenters. The van der Waals surface area contributed by atoms with Crippen LogP contribution in [0, 0.1) is 12.7 Å². The van der Waals surface area contributed by atoms with Crippen molar-refractivity contribution in [3.63, 3.8) is 0 Å². The number of esters is 1. The standard InChI is InChI=1S/C15H16FN3O3/c1-3-19-14(17)13(9(2)18-19)15(21)22-8-12(20)10-4-6-11(16)7-5-10/h4-7H,3,8,17H2,1-2H3. The lowest BCUT2D eigenvalue weighted by atomic mass is 10.1. The third kappa shape index (κ3) is 3.13. The minimum Gasteiger partial charge on any atom is -0.454 e. The summed E-state index contributed by atoms with van der Waals surface area (Å²) in [5, 5.41) is 4.11. The Labute approximate surface area is 126 Å². The average Bonchev–Trinajstić information content (AvgIpc) is 2.79. The summed E-state index contributed by atoms with van der Waals surface area (Å²) in [6.45, 7) is 3.56. The summed E-state index contributed by atoms with van der Waals surface area (Å²) >= 11 is 0. The molecular formula is C15H16FN3O3. The minimum absolute atomic E-state index is 0.161. The first-order chi connectivity index (χ1) is 10.4. The molecule has 0 radical (unpaired) electrons. The van der Waals surface area contributed by atoms with E-state index in [0.717, 1.165) is 0 Å². The molecule has 7 heteroatoms. The van der Waals surface area contributed by atoms with Crippen LogP contribution in [0.3, 0.4) is 0 Å². The van der Waals surface area contributed by atoms with Gasteiger partial charge < -0.3 is 10.5 Å². The molecule has 2 rings (SSSR count). The Kier molecular flexibility index (Phi) is 4.55. The van der Waals surface area contributed by atoms with Gasteiger partial charge in [-0.25, -0.2) is 13.9 Å². The van der Waals surface area contributed by atoms with Gasteiger partial charge in [-0.05, 0) is 38.1 Å². The Morgan fingerprint density at radius 3 is 2.50 bits per heavy atom. The van der Waals surface area contributed by atoms with E-state index in [0.29, 0.717) is 12.2 Å². The average molecular weight is 305 g/mol. The molecule has 0 aliphatic carbocycles. The lowest BCUT2D eigenvalue weighted by molar-refractivity contribution is 0.0475. The molecule has 0 unspecified atom stereocenters. The van der Waals surface area contributed by atoms with E-state index in [1.54, 1.807) is 6.92 Å². The van der Waals surface area contributed by atoms with Crippen molar-refractivity contribution in [2.45, 2.75) is 20.4 Å². The molecule has 0 saturated heterocycles. The predicted octanol–water partition coefficient (Wildman–Crippen LogP) is 1.97. The van der Waals surface area contributed by atoms with Crippen LogP contribution in [0.2, 0.25) is 0 Å². The number of aryl methyl sites for hydroxylation is 2. The number of ketones is 1. The van der Waals surface area contributed by atoms with Gasteiger partial charge in [0.1, 0.15) is 17.2 Å². The number of anilines is 1. The van der Waals surface area contributed by atoms with Gasteiger partial charge in [0.15, 0.2) is 12.4 Å². The molecule has 0 fully saturated rings. The highest BCUT2D eigenvalue weighted by atomic mass is 19.1. The van der Waals surface area contributed by atoms with Crippen LogP contribution in [-0.4, -0.2) is 28.1 Å². The van der Waals surface area contributed by atoms with Gasteiger partial charge in [0.2, 0.25) is 0 Å². The number of hydrogen-bond acceptors (Lipinski definition) is 5. The Hall–Kier alpha value is -2.70. The van der Waals surface area contributed by atoms with Crippen LogP contribution >= 0.6 is 0 Å². The Morgan fingerprint density at radius 2 is 1.95 bits per heavy atom. The number of benzene rings is 1. The molecule has 0 aliphatic heterocycles. The fraction of sp³-hybridized carbons (Fsp3) is 0.267. The number of ether oxygens (including phenoxy) is 1. The summed E-state index contributed by atoms with van der Waals surface area (Å²) in [6.07, 6.45) is 0. The van der Waals surface area contributed by atoms with E-state index in [-0.39, 0.29) is 16.9 Å². The summed E-state index contributed by atoms with van der Waals surface area (Å²) in [7, 11) is 0. The molecular weight excluding hydrogens is 289 g/mol. The SMILES string of the molecule is CCn1nc(C)c(C(=O)OCC(=O)c2ccc(F)cc2)c1N. The van der Waals surface area contributed by atoms with E-state index in [2.05, 4.69) is 5.10 Å².